The first-order valence-corrected chi connectivity index (χ1v) is 11.6. The Kier molecular flexibility index (Phi) is 7.67. The van der Waals surface area contributed by atoms with Crippen LogP contribution in [0.2, 0.25) is 0 Å². The molecule has 0 saturated heterocycles. The number of rotatable bonds is 6. The second-order valence-corrected chi connectivity index (χ2v) is 9.38. The zero-order valence-corrected chi connectivity index (χ0v) is 19.9. The minimum atomic E-state index is -0.389. The van der Waals surface area contributed by atoms with Crippen molar-refractivity contribution in [1.82, 2.24) is 5.32 Å². The van der Waals surface area contributed by atoms with E-state index in [1.54, 1.807) is 0 Å². The maximum atomic E-state index is 12.3. The van der Waals surface area contributed by atoms with Gasteiger partial charge in [-0.3, -0.25) is 10.1 Å². The third-order valence-electron chi connectivity index (χ3n) is 5.27. The summed E-state index contributed by atoms with van der Waals surface area (Å²) in [6.07, 6.45) is 3.93. The van der Waals surface area contributed by atoms with Crippen molar-refractivity contribution in [2.45, 2.75) is 52.4 Å². The van der Waals surface area contributed by atoms with Crippen molar-refractivity contribution in [3.05, 3.63) is 45.3 Å². The molecule has 0 saturated carbocycles. The first kappa shape index (κ1) is 23.2. The smallest absolute Gasteiger partial charge is 0.341 e. The van der Waals surface area contributed by atoms with Crippen molar-refractivity contribution in [1.29, 1.82) is 0 Å². The monoisotopic (exact) mass is 460 g/mol. The van der Waals surface area contributed by atoms with Crippen LogP contribution >= 0.6 is 23.6 Å². The lowest BCUT2D eigenvalue weighted by Gasteiger charge is -2.13. The van der Waals surface area contributed by atoms with Crippen LogP contribution in [0.5, 0.6) is 5.75 Å². The van der Waals surface area contributed by atoms with Gasteiger partial charge in [-0.1, -0.05) is 19.9 Å². The second-order valence-electron chi connectivity index (χ2n) is 7.87. The molecule has 1 heterocycles. The molecule has 1 aliphatic rings. The van der Waals surface area contributed by atoms with E-state index in [0.29, 0.717) is 22.2 Å². The Morgan fingerprint density at radius 1 is 1.23 bits per heavy atom. The summed E-state index contributed by atoms with van der Waals surface area (Å²) in [5.41, 5.74) is 3.93. The maximum Gasteiger partial charge on any atom is 0.341 e. The van der Waals surface area contributed by atoms with E-state index in [1.165, 1.54) is 28.9 Å². The van der Waals surface area contributed by atoms with Crippen molar-refractivity contribution in [2.75, 3.05) is 19.0 Å². The van der Waals surface area contributed by atoms with Gasteiger partial charge in [0.15, 0.2) is 11.7 Å². The van der Waals surface area contributed by atoms with E-state index in [2.05, 4.69) is 24.5 Å². The molecule has 3 rings (SSSR count). The molecule has 0 unspecified atom stereocenters. The molecule has 1 aromatic heterocycles. The number of fused-ring (bicyclic) bond motifs is 1. The van der Waals surface area contributed by atoms with Gasteiger partial charge in [0.25, 0.3) is 5.91 Å². The molecular weight excluding hydrogens is 432 g/mol. The Labute approximate surface area is 192 Å². The average Bonchev–Trinajstić information content (AvgIpc) is 3.09. The molecule has 8 heteroatoms. The van der Waals surface area contributed by atoms with Crippen LogP contribution < -0.4 is 15.4 Å². The van der Waals surface area contributed by atoms with E-state index in [0.717, 1.165) is 36.8 Å². The zero-order chi connectivity index (χ0) is 22.5. The summed E-state index contributed by atoms with van der Waals surface area (Å²) in [6.45, 7) is 6.15. The van der Waals surface area contributed by atoms with Gasteiger partial charge >= 0.3 is 5.97 Å². The number of amides is 1. The van der Waals surface area contributed by atoms with Crippen LogP contribution in [0.4, 0.5) is 5.00 Å². The number of aryl methyl sites for hydroxylation is 2. The van der Waals surface area contributed by atoms with Gasteiger partial charge in [0.1, 0.15) is 10.8 Å². The third-order valence-corrected chi connectivity index (χ3v) is 6.69. The normalized spacial score (nSPS) is 12.8. The Bertz CT molecular complexity index is 998. The Morgan fingerprint density at radius 3 is 2.65 bits per heavy atom. The summed E-state index contributed by atoms with van der Waals surface area (Å²) in [5, 5.41) is 6.37. The molecule has 0 fully saturated rings. The van der Waals surface area contributed by atoms with Gasteiger partial charge in [0.05, 0.1) is 12.7 Å². The molecule has 6 nitrogen and oxygen atoms in total. The molecule has 166 valence electrons. The van der Waals surface area contributed by atoms with Gasteiger partial charge in [0, 0.05) is 4.88 Å². The fraction of sp³-hybridized carbons (Fsp3) is 0.435. The molecule has 0 radical (unpaired) electrons. The third kappa shape index (κ3) is 5.62. The minimum Gasteiger partial charge on any atom is -0.484 e. The van der Waals surface area contributed by atoms with Crippen LogP contribution in [0, 0.1) is 6.92 Å². The number of esters is 1. The molecule has 0 atom stereocenters. The predicted octanol–water partition coefficient (Wildman–Crippen LogP) is 4.74. The number of thiocarbonyl (C=S) groups is 1. The van der Waals surface area contributed by atoms with Crippen LogP contribution in [-0.2, 0) is 22.4 Å². The average molecular weight is 461 g/mol. The van der Waals surface area contributed by atoms with E-state index in [-0.39, 0.29) is 23.6 Å². The molecule has 1 amide bonds. The molecule has 0 bridgehead atoms. The highest BCUT2D eigenvalue weighted by molar-refractivity contribution is 7.80. The van der Waals surface area contributed by atoms with Crippen LogP contribution in [0.1, 0.15) is 64.5 Å². The predicted molar refractivity (Wildman–Crippen MR) is 127 cm³/mol. The van der Waals surface area contributed by atoms with E-state index in [1.807, 2.05) is 25.1 Å². The lowest BCUT2D eigenvalue weighted by Crippen LogP contribution is -2.37. The number of hydrogen-bond donors (Lipinski definition) is 2. The Hall–Kier alpha value is -2.45. The Morgan fingerprint density at radius 2 is 1.97 bits per heavy atom. The molecular formula is C23H28N2O4S2. The number of methoxy groups -OCH3 is 1. The van der Waals surface area contributed by atoms with Crippen LogP contribution in [0.3, 0.4) is 0 Å². The van der Waals surface area contributed by atoms with Crippen molar-refractivity contribution in [2.24, 2.45) is 0 Å². The van der Waals surface area contributed by atoms with Gasteiger partial charge in [0.2, 0.25) is 0 Å². The number of carbonyl (C=O) groups is 2. The summed E-state index contributed by atoms with van der Waals surface area (Å²) in [5.74, 6) is 0.303. The highest BCUT2D eigenvalue weighted by Crippen LogP contribution is 2.38. The van der Waals surface area contributed by atoms with Crippen LogP contribution in [-0.4, -0.2) is 30.7 Å². The second kappa shape index (κ2) is 10.2. The zero-order valence-electron chi connectivity index (χ0n) is 18.3. The fourth-order valence-electron chi connectivity index (χ4n) is 3.80. The van der Waals surface area contributed by atoms with E-state index < -0.39 is 0 Å². The Balaban J connectivity index is 1.60. The van der Waals surface area contributed by atoms with Crippen LogP contribution in [0.15, 0.2) is 18.2 Å². The van der Waals surface area contributed by atoms with E-state index in [9.17, 15) is 9.59 Å². The minimum absolute atomic E-state index is 0.128. The summed E-state index contributed by atoms with van der Waals surface area (Å²) >= 11 is 6.78. The molecule has 0 spiro atoms. The van der Waals surface area contributed by atoms with Gasteiger partial charge in [-0.25, -0.2) is 4.79 Å². The largest absolute Gasteiger partial charge is 0.484 e. The SMILES string of the molecule is COC(=O)c1c(NC(=S)NC(=O)COc2ccc(C(C)C)c(C)c2)sc2c1CCCC2. The van der Waals surface area contributed by atoms with E-state index >= 15 is 0 Å². The van der Waals surface area contributed by atoms with Gasteiger partial charge in [-0.2, -0.15) is 0 Å². The summed E-state index contributed by atoms with van der Waals surface area (Å²) in [4.78, 5) is 25.8. The number of hydrogen-bond acceptors (Lipinski definition) is 6. The topological polar surface area (TPSA) is 76.7 Å². The maximum absolute atomic E-state index is 12.3. The lowest BCUT2D eigenvalue weighted by molar-refractivity contribution is -0.121. The number of carbonyl (C=O) groups excluding carboxylic acids is 2. The standard InChI is InChI=1S/C23H28N2O4S2/c1-13(2)16-10-9-15(11-14(16)3)29-12-19(26)24-23(30)25-21-20(22(27)28-4)17-7-5-6-8-18(17)31-21/h9-11,13H,5-8,12H2,1-4H3,(H2,24,25,26,30). The van der Waals surface area contributed by atoms with E-state index in [4.69, 9.17) is 21.7 Å². The lowest BCUT2D eigenvalue weighted by atomic mass is 9.95. The summed E-state index contributed by atoms with van der Waals surface area (Å²) < 4.78 is 10.6. The van der Waals surface area contributed by atoms with Crippen LogP contribution in [0.25, 0.3) is 0 Å². The summed E-state index contributed by atoms with van der Waals surface area (Å²) in [7, 11) is 1.37. The van der Waals surface area contributed by atoms with Gasteiger partial charge < -0.3 is 14.8 Å². The van der Waals surface area contributed by atoms with Crippen molar-refractivity contribution < 1.29 is 19.1 Å². The molecule has 2 aromatic rings. The molecule has 1 aliphatic carbocycles. The fourth-order valence-corrected chi connectivity index (χ4v) is 5.37. The quantitative estimate of drug-likeness (QED) is 0.479. The molecule has 0 aliphatic heterocycles. The van der Waals surface area contributed by atoms with Crippen molar-refractivity contribution >= 4 is 45.5 Å². The number of anilines is 1. The number of ether oxygens (including phenoxy) is 2. The first-order chi connectivity index (χ1) is 14.8. The highest BCUT2D eigenvalue weighted by Gasteiger charge is 2.26. The molecule has 2 N–H and O–H groups in total. The van der Waals surface area contributed by atoms with Gasteiger partial charge in [-0.15, -0.1) is 11.3 Å². The van der Waals surface area contributed by atoms with Crippen molar-refractivity contribution in [3.63, 3.8) is 0 Å². The van der Waals surface area contributed by atoms with Crippen molar-refractivity contribution in [3.8, 4) is 5.75 Å². The van der Waals surface area contributed by atoms with Gasteiger partial charge in [-0.05, 0) is 79.6 Å². The summed E-state index contributed by atoms with van der Waals surface area (Å²) in [6, 6.07) is 5.81. The highest BCUT2D eigenvalue weighted by atomic mass is 32.1. The molecule has 1 aromatic carbocycles. The number of benzene rings is 1. The first-order valence-electron chi connectivity index (χ1n) is 10.4. The molecule has 31 heavy (non-hydrogen) atoms. The number of nitrogens with one attached hydrogen (secondary N) is 2. The number of thiophene rings is 1.